The molecule has 1 amide bonds. The van der Waals surface area contributed by atoms with Crippen LogP contribution in [0.4, 0.5) is 4.39 Å². The Kier molecular flexibility index (Phi) is 4.46. The van der Waals surface area contributed by atoms with E-state index in [1.807, 2.05) is 0 Å². The number of benzene rings is 1. The summed E-state index contributed by atoms with van der Waals surface area (Å²) in [5.74, 6) is -0.832. The number of primary amides is 1. The van der Waals surface area contributed by atoms with E-state index < -0.39 is 11.9 Å². The molecule has 0 saturated heterocycles. The number of carbonyl (C=O) groups excluding carboxylic acids is 1. The monoisotopic (exact) mass is 242 g/mol. The standard InChI is InChI=1S/C11H12ClFN2O/c12-10(5-9(14)6-11(15)16)7-1-3-8(13)4-2-7/h1-5,9H,6,14H2,(H2,15,16)/b10-5-. The molecular formula is C11H12ClFN2O. The van der Waals surface area contributed by atoms with Crippen LogP contribution < -0.4 is 11.5 Å². The van der Waals surface area contributed by atoms with E-state index in [4.69, 9.17) is 23.1 Å². The van der Waals surface area contributed by atoms with Crippen molar-refractivity contribution in [1.29, 1.82) is 0 Å². The number of rotatable bonds is 4. The number of hydrogen-bond donors (Lipinski definition) is 2. The van der Waals surface area contributed by atoms with Crippen molar-refractivity contribution in [1.82, 2.24) is 0 Å². The molecule has 1 aromatic carbocycles. The van der Waals surface area contributed by atoms with Gasteiger partial charge in [-0.15, -0.1) is 0 Å². The minimum atomic E-state index is -0.532. The highest BCUT2D eigenvalue weighted by molar-refractivity contribution is 6.48. The van der Waals surface area contributed by atoms with Gasteiger partial charge in [0, 0.05) is 17.5 Å². The largest absolute Gasteiger partial charge is 0.370 e. The lowest BCUT2D eigenvalue weighted by Gasteiger charge is -2.05. The number of halogens is 2. The van der Waals surface area contributed by atoms with E-state index in [-0.39, 0.29) is 12.2 Å². The number of nitrogens with two attached hydrogens (primary N) is 2. The summed E-state index contributed by atoms with van der Waals surface area (Å²) >= 11 is 5.94. The summed E-state index contributed by atoms with van der Waals surface area (Å²) in [4.78, 5) is 10.6. The third-order valence-electron chi connectivity index (χ3n) is 1.92. The van der Waals surface area contributed by atoms with Crippen molar-refractivity contribution in [3.05, 3.63) is 41.7 Å². The van der Waals surface area contributed by atoms with Crippen LogP contribution in [-0.4, -0.2) is 11.9 Å². The van der Waals surface area contributed by atoms with Gasteiger partial charge in [0.25, 0.3) is 0 Å². The number of amides is 1. The summed E-state index contributed by atoms with van der Waals surface area (Å²) < 4.78 is 12.6. The quantitative estimate of drug-likeness (QED) is 0.842. The second-order valence-electron chi connectivity index (χ2n) is 3.36. The first-order valence-electron chi connectivity index (χ1n) is 4.66. The average Bonchev–Trinajstić information content (AvgIpc) is 2.16. The highest BCUT2D eigenvalue weighted by Gasteiger charge is 2.06. The van der Waals surface area contributed by atoms with E-state index in [0.29, 0.717) is 10.6 Å². The predicted octanol–water partition coefficient (Wildman–Crippen LogP) is 1.61. The van der Waals surface area contributed by atoms with Crippen LogP contribution in [0.25, 0.3) is 5.03 Å². The Balaban J connectivity index is 2.76. The molecule has 3 nitrogen and oxygen atoms in total. The second kappa shape index (κ2) is 5.63. The third kappa shape index (κ3) is 4.00. The summed E-state index contributed by atoms with van der Waals surface area (Å²) in [6.07, 6.45) is 1.54. The molecule has 1 aromatic rings. The summed E-state index contributed by atoms with van der Waals surface area (Å²) in [6, 6.07) is 5.13. The minimum absolute atomic E-state index is 0.0252. The fraction of sp³-hybridized carbons (Fsp3) is 0.182. The minimum Gasteiger partial charge on any atom is -0.370 e. The van der Waals surface area contributed by atoms with Crippen molar-refractivity contribution in [2.24, 2.45) is 11.5 Å². The van der Waals surface area contributed by atoms with Crippen LogP contribution in [0.1, 0.15) is 12.0 Å². The van der Waals surface area contributed by atoms with Gasteiger partial charge >= 0.3 is 0 Å². The molecule has 0 aliphatic carbocycles. The molecule has 0 saturated carbocycles. The van der Waals surface area contributed by atoms with Crippen LogP contribution in [0.2, 0.25) is 0 Å². The zero-order chi connectivity index (χ0) is 12.1. The first-order valence-corrected chi connectivity index (χ1v) is 5.04. The summed E-state index contributed by atoms with van der Waals surface area (Å²) in [7, 11) is 0. The van der Waals surface area contributed by atoms with E-state index in [0.717, 1.165) is 0 Å². The molecule has 0 aromatic heterocycles. The van der Waals surface area contributed by atoms with E-state index in [2.05, 4.69) is 0 Å². The molecule has 1 unspecified atom stereocenters. The molecule has 0 fully saturated rings. The van der Waals surface area contributed by atoms with Gasteiger partial charge < -0.3 is 11.5 Å². The van der Waals surface area contributed by atoms with Gasteiger partial charge in [-0.1, -0.05) is 23.7 Å². The lowest BCUT2D eigenvalue weighted by atomic mass is 10.1. The topological polar surface area (TPSA) is 69.1 Å². The van der Waals surface area contributed by atoms with E-state index >= 15 is 0 Å². The first-order chi connectivity index (χ1) is 7.49. The van der Waals surface area contributed by atoms with Gasteiger partial charge in [0.05, 0.1) is 0 Å². The molecule has 1 rings (SSSR count). The van der Waals surface area contributed by atoms with Crippen LogP contribution in [0.15, 0.2) is 30.3 Å². The lowest BCUT2D eigenvalue weighted by molar-refractivity contribution is -0.118. The normalized spacial score (nSPS) is 13.6. The Morgan fingerprint density at radius 3 is 2.50 bits per heavy atom. The molecule has 0 radical (unpaired) electrons. The van der Waals surface area contributed by atoms with Crippen molar-refractivity contribution in [2.45, 2.75) is 12.5 Å². The van der Waals surface area contributed by atoms with E-state index in [1.165, 1.54) is 30.3 Å². The Bertz CT molecular complexity index is 403. The van der Waals surface area contributed by atoms with Gasteiger partial charge in [0.1, 0.15) is 5.82 Å². The Morgan fingerprint density at radius 1 is 1.44 bits per heavy atom. The van der Waals surface area contributed by atoms with Gasteiger partial charge in [-0.25, -0.2) is 4.39 Å². The van der Waals surface area contributed by atoms with E-state index in [1.54, 1.807) is 0 Å². The van der Waals surface area contributed by atoms with Gasteiger partial charge in [0.2, 0.25) is 5.91 Å². The summed E-state index contributed by atoms with van der Waals surface area (Å²) in [5.41, 5.74) is 11.2. The molecule has 0 spiro atoms. The van der Waals surface area contributed by atoms with Crippen LogP contribution in [0, 0.1) is 5.82 Å². The SMILES string of the molecule is NC(=O)CC(N)/C=C(\Cl)c1ccc(F)cc1. The average molecular weight is 243 g/mol. The van der Waals surface area contributed by atoms with Crippen molar-refractivity contribution in [2.75, 3.05) is 0 Å². The maximum atomic E-state index is 12.6. The van der Waals surface area contributed by atoms with Gasteiger partial charge in [-0.3, -0.25) is 4.79 Å². The molecular weight excluding hydrogens is 231 g/mol. The molecule has 5 heteroatoms. The van der Waals surface area contributed by atoms with Crippen LogP contribution >= 0.6 is 11.6 Å². The van der Waals surface area contributed by atoms with Crippen LogP contribution in [-0.2, 0) is 4.79 Å². The summed E-state index contributed by atoms with van der Waals surface area (Å²) in [5, 5.41) is 0.369. The molecule has 0 heterocycles. The highest BCUT2D eigenvalue weighted by Crippen LogP contribution is 2.19. The number of hydrogen-bond acceptors (Lipinski definition) is 2. The van der Waals surface area contributed by atoms with Crippen molar-refractivity contribution in [3.8, 4) is 0 Å². The fourth-order valence-electron chi connectivity index (χ4n) is 1.18. The van der Waals surface area contributed by atoms with Crippen LogP contribution in [0.3, 0.4) is 0 Å². The van der Waals surface area contributed by atoms with Crippen molar-refractivity contribution >= 4 is 22.5 Å². The first kappa shape index (κ1) is 12.7. The smallest absolute Gasteiger partial charge is 0.219 e. The predicted molar refractivity (Wildman–Crippen MR) is 62.0 cm³/mol. The Labute approximate surface area is 97.9 Å². The van der Waals surface area contributed by atoms with Gasteiger partial charge in [-0.05, 0) is 23.8 Å². The maximum absolute atomic E-state index is 12.6. The highest BCUT2D eigenvalue weighted by atomic mass is 35.5. The second-order valence-corrected chi connectivity index (χ2v) is 3.76. The Morgan fingerprint density at radius 2 is 2.00 bits per heavy atom. The summed E-state index contributed by atoms with van der Waals surface area (Å²) in [6.45, 7) is 0. The van der Waals surface area contributed by atoms with Crippen LogP contribution in [0.5, 0.6) is 0 Å². The van der Waals surface area contributed by atoms with Gasteiger partial charge in [-0.2, -0.15) is 0 Å². The van der Waals surface area contributed by atoms with Crippen molar-refractivity contribution in [3.63, 3.8) is 0 Å². The molecule has 1 atom stereocenters. The zero-order valence-electron chi connectivity index (χ0n) is 8.49. The molecule has 0 aliphatic heterocycles. The van der Waals surface area contributed by atoms with Gasteiger partial charge in [0.15, 0.2) is 0 Å². The molecule has 0 aliphatic rings. The molecule has 16 heavy (non-hydrogen) atoms. The maximum Gasteiger partial charge on any atom is 0.219 e. The lowest BCUT2D eigenvalue weighted by Crippen LogP contribution is -2.25. The Hall–Kier alpha value is -1.39. The molecule has 0 bridgehead atoms. The molecule has 4 N–H and O–H groups in total. The third-order valence-corrected chi connectivity index (χ3v) is 2.26. The van der Waals surface area contributed by atoms with Crippen molar-refractivity contribution < 1.29 is 9.18 Å². The van der Waals surface area contributed by atoms with E-state index in [9.17, 15) is 9.18 Å². The fourth-order valence-corrected chi connectivity index (χ4v) is 1.47. The number of carbonyl (C=O) groups is 1. The molecule has 86 valence electrons. The zero-order valence-corrected chi connectivity index (χ0v) is 9.25.